The predicted octanol–water partition coefficient (Wildman–Crippen LogP) is 2.01. The minimum atomic E-state index is -3.18. The van der Waals surface area contributed by atoms with Crippen molar-refractivity contribution in [3.63, 3.8) is 0 Å². The minimum absolute atomic E-state index is 0.198. The number of ketones is 1. The van der Waals surface area contributed by atoms with Gasteiger partial charge < -0.3 is 9.05 Å². The normalized spacial score (nSPS) is 12.2. The summed E-state index contributed by atoms with van der Waals surface area (Å²) in [6.07, 6.45) is 3.68. The maximum Gasteiger partial charge on any atom is 0.337 e. The van der Waals surface area contributed by atoms with Gasteiger partial charge in [-0.3, -0.25) is 9.36 Å². The number of rotatable bonds is 6. The van der Waals surface area contributed by atoms with Gasteiger partial charge in [-0.15, -0.1) is 0 Å². The third kappa shape index (κ3) is 4.98. The topological polar surface area (TPSA) is 52.6 Å². The zero-order chi connectivity index (χ0) is 10.3. The highest BCUT2D eigenvalue weighted by atomic mass is 31.2. The molecule has 0 bridgehead atoms. The van der Waals surface area contributed by atoms with Crippen LogP contribution in [-0.2, 0) is 18.4 Å². The van der Waals surface area contributed by atoms with Gasteiger partial charge in [0.25, 0.3) is 0 Å². The molecule has 0 aliphatic rings. The summed E-state index contributed by atoms with van der Waals surface area (Å²) in [5.74, 6) is -0.242. The van der Waals surface area contributed by atoms with Gasteiger partial charge in [-0.05, 0) is 12.5 Å². The zero-order valence-corrected chi connectivity index (χ0v) is 9.04. The molecule has 0 N–H and O–H groups in total. The van der Waals surface area contributed by atoms with E-state index in [1.807, 2.05) is 6.92 Å². The fraction of sp³-hybridized carbons (Fsp3) is 0.625. The first kappa shape index (κ1) is 12.6. The maximum atomic E-state index is 11.4. The van der Waals surface area contributed by atoms with Crippen molar-refractivity contribution < 1.29 is 18.4 Å². The van der Waals surface area contributed by atoms with E-state index >= 15 is 0 Å². The van der Waals surface area contributed by atoms with Crippen LogP contribution in [0.25, 0.3) is 0 Å². The molecular weight excluding hydrogens is 191 g/mol. The highest BCUT2D eigenvalue weighted by Gasteiger charge is 2.23. The Kier molecular flexibility index (Phi) is 5.88. The van der Waals surface area contributed by atoms with Crippen LogP contribution in [0.5, 0.6) is 0 Å². The molecule has 0 aromatic carbocycles. The van der Waals surface area contributed by atoms with Crippen LogP contribution in [-0.4, -0.2) is 26.2 Å². The molecule has 0 radical (unpaired) electrons. The van der Waals surface area contributed by atoms with Gasteiger partial charge in [0, 0.05) is 14.2 Å². The summed E-state index contributed by atoms with van der Waals surface area (Å²) >= 11 is 0. The number of carbonyl (C=O) groups is 1. The molecule has 0 atom stereocenters. The second-order valence-electron chi connectivity index (χ2n) is 2.41. The molecule has 76 valence electrons. The molecule has 0 saturated carbocycles. The lowest BCUT2D eigenvalue weighted by molar-refractivity contribution is -0.112. The zero-order valence-electron chi connectivity index (χ0n) is 8.15. The molecule has 0 amide bonds. The van der Waals surface area contributed by atoms with Crippen LogP contribution >= 0.6 is 7.60 Å². The van der Waals surface area contributed by atoms with Gasteiger partial charge in [-0.25, -0.2) is 0 Å². The summed E-state index contributed by atoms with van der Waals surface area (Å²) in [7, 11) is -0.648. The molecule has 0 aliphatic heterocycles. The van der Waals surface area contributed by atoms with E-state index in [2.05, 4.69) is 9.05 Å². The fourth-order valence-corrected chi connectivity index (χ4v) is 1.59. The van der Waals surface area contributed by atoms with Gasteiger partial charge in [-0.1, -0.05) is 13.0 Å². The highest BCUT2D eigenvalue weighted by Crippen LogP contribution is 2.45. The molecule has 0 unspecified atom stereocenters. The van der Waals surface area contributed by atoms with Crippen molar-refractivity contribution in [2.45, 2.75) is 13.3 Å². The Morgan fingerprint density at radius 2 is 1.92 bits per heavy atom. The Morgan fingerprint density at radius 1 is 1.38 bits per heavy atom. The smallest absolute Gasteiger partial charge is 0.312 e. The molecule has 0 aromatic rings. The number of hydrogen-bond acceptors (Lipinski definition) is 4. The molecule has 0 fully saturated rings. The number of hydrogen-bond donors (Lipinski definition) is 0. The van der Waals surface area contributed by atoms with E-state index in [0.717, 1.165) is 6.42 Å². The molecule has 13 heavy (non-hydrogen) atoms. The third-order valence-electron chi connectivity index (χ3n) is 1.45. The lowest BCUT2D eigenvalue weighted by Crippen LogP contribution is -2.04. The van der Waals surface area contributed by atoms with Crippen LogP contribution in [0, 0.1) is 0 Å². The van der Waals surface area contributed by atoms with E-state index in [9.17, 15) is 9.36 Å². The van der Waals surface area contributed by atoms with Crippen LogP contribution in [0.15, 0.2) is 12.2 Å². The highest BCUT2D eigenvalue weighted by molar-refractivity contribution is 7.54. The van der Waals surface area contributed by atoms with Crippen molar-refractivity contribution >= 4 is 13.4 Å². The van der Waals surface area contributed by atoms with Crippen molar-refractivity contribution in [2.75, 3.05) is 20.4 Å². The Balaban J connectivity index is 4.18. The Morgan fingerprint density at radius 3 is 2.31 bits per heavy atom. The Labute approximate surface area is 78.5 Å². The fourth-order valence-electron chi connectivity index (χ4n) is 0.696. The summed E-state index contributed by atoms with van der Waals surface area (Å²) in [4.78, 5) is 11.1. The standard InChI is InChI=1S/C8H15O4P/c1-4-5-6-8(9)7-13(10,11-2)12-3/h5-6H,4,7H2,1-3H3/b6-5+. The SMILES string of the molecule is CC/C=C/C(=O)CP(=O)(OC)OC. The monoisotopic (exact) mass is 206 g/mol. The van der Waals surface area contributed by atoms with Crippen LogP contribution in [0.1, 0.15) is 13.3 Å². The quantitative estimate of drug-likeness (QED) is 0.492. The first-order chi connectivity index (χ1) is 6.08. The molecule has 0 aromatic heterocycles. The molecule has 5 heteroatoms. The van der Waals surface area contributed by atoms with E-state index < -0.39 is 7.60 Å². The largest absolute Gasteiger partial charge is 0.337 e. The average Bonchev–Trinajstić information content (AvgIpc) is 2.14. The van der Waals surface area contributed by atoms with Crippen molar-refractivity contribution in [1.82, 2.24) is 0 Å². The first-order valence-electron chi connectivity index (χ1n) is 3.98. The van der Waals surface area contributed by atoms with Crippen molar-refractivity contribution in [3.8, 4) is 0 Å². The summed E-state index contributed by atoms with van der Waals surface area (Å²) in [5.41, 5.74) is 0. The van der Waals surface area contributed by atoms with Crippen LogP contribution in [0.3, 0.4) is 0 Å². The maximum absolute atomic E-state index is 11.4. The second kappa shape index (κ2) is 6.08. The average molecular weight is 206 g/mol. The molecule has 0 aliphatic carbocycles. The van der Waals surface area contributed by atoms with E-state index in [1.54, 1.807) is 6.08 Å². The molecule has 4 nitrogen and oxygen atoms in total. The molecular formula is C8H15O4P. The van der Waals surface area contributed by atoms with Crippen molar-refractivity contribution in [2.24, 2.45) is 0 Å². The number of allylic oxidation sites excluding steroid dienone is 2. The van der Waals surface area contributed by atoms with Gasteiger partial charge in [0.15, 0.2) is 5.78 Å². The second-order valence-corrected chi connectivity index (χ2v) is 4.68. The third-order valence-corrected chi connectivity index (χ3v) is 3.26. The molecule has 0 heterocycles. The molecule has 0 saturated heterocycles. The van der Waals surface area contributed by atoms with Crippen LogP contribution < -0.4 is 0 Å². The van der Waals surface area contributed by atoms with E-state index in [1.165, 1.54) is 20.3 Å². The lowest BCUT2D eigenvalue weighted by Gasteiger charge is -2.10. The van der Waals surface area contributed by atoms with Gasteiger partial charge in [0.1, 0.15) is 6.16 Å². The molecule has 0 rings (SSSR count). The van der Waals surface area contributed by atoms with Gasteiger partial charge in [-0.2, -0.15) is 0 Å². The minimum Gasteiger partial charge on any atom is -0.312 e. The van der Waals surface area contributed by atoms with Crippen molar-refractivity contribution in [3.05, 3.63) is 12.2 Å². The van der Waals surface area contributed by atoms with Gasteiger partial charge >= 0.3 is 7.60 Å². The summed E-state index contributed by atoms with van der Waals surface area (Å²) in [6.45, 7) is 1.91. The van der Waals surface area contributed by atoms with E-state index in [-0.39, 0.29) is 11.9 Å². The van der Waals surface area contributed by atoms with Crippen LogP contribution in [0.2, 0.25) is 0 Å². The predicted molar refractivity (Wildman–Crippen MR) is 50.9 cm³/mol. The molecule has 0 spiro atoms. The Bertz CT molecular complexity index is 226. The lowest BCUT2D eigenvalue weighted by atomic mass is 10.3. The van der Waals surface area contributed by atoms with Crippen molar-refractivity contribution in [1.29, 1.82) is 0 Å². The van der Waals surface area contributed by atoms with E-state index in [4.69, 9.17) is 0 Å². The van der Waals surface area contributed by atoms with Gasteiger partial charge in [0.2, 0.25) is 0 Å². The Hall–Kier alpha value is -0.440. The number of carbonyl (C=O) groups excluding carboxylic acids is 1. The van der Waals surface area contributed by atoms with E-state index in [0.29, 0.717) is 0 Å². The summed E-state index contributed by atoms with van der Waals surface area (Å²) in [5, 5.41) is 0. The first-order valence-corrected chi connectivity index (χ1v) is 5.70. The van der Waals surface area contributed by atoms with Crippen LogP contribution in [0.4, 0.5) is 0 Å². The summed E-state index contributed by atoms with van der Waals surface area (Å²) in [6, 6.07) is 0. The summed E-state index contributed by atoms with van der Waals surface area (Å²) < 4.78 is 20.7. The van der Waals surface area contributed by atoms with Gasteiger partial charge in [0.05, 0.1) is 0 Å².